The fourth-order valence-electron chi connectivity index (χ4n) is 2.50. The van der Waals surface area contributed by atoms with Gasteiger partial charge in [-0.3, -0.25) is 9.36 Å². The Kier molecular flexibility index (Phi) is 5.44. The lowest BCUT2D eigenvalue weighted by Crippen LogP contribution is -2.32. The Balaban J connectivity index is 2.23. The number of rotatable bonds is 3. The molecule has 3 rings (SSSR count). The maximum absolute atomic E-state index is 13.4. The summed E-state index contributed by atoms with van der Waals surface area (Å²) in [5.74, 6) is -2.50. The van der Waals surface area contributed by atoms with Crippen LogP contribution in [0.3, 0.4) is 0 Å². The van der Waals surface area contributed by atoms with Crippen LogP contribution in [0.1, 0.15) is 11.1 Å². The predicted molar refractivity (Wildman–Crippen MR) is 97.9 cm³/mol. The highest BCUT2D eigenvalue weighted by Gasteiger charge is 2.11. The zero-order valence-electron chi connectivity index (χ0n) is 14.1. The smallest absolute Gasteiger partial charge is 0.269 e. The summed E-state index contributed by atoms with van der Waals surface area (Å²) in [4.78, 5) is 12.8. The molecule has 138 valence electrons. The first-order valence-corrected chi connectivity index (χ1v) is 8.70. The van der Waals surface area contributed by atoms with Gasteiger partial charge in [0.15, 0.2) is 17.2 Å². The van der Waals surface area contributed by atoms with Gasteiger partial charge in [-0.25, -0.2) is 13.2 Å². The summed E-state index contributed by atoms with van der Waals surface area (Å²) in [5, 5.41) is 18.4. The zero-order chi connectivity index (χ0) is 20.3. The van der Waals surface area contributed by atoms with E-state index in [1.165, 1.54) is 41.0 Å². The first kappa shape index (κ1) is 19.2. The van der Waals surface area contributed by atoms with E-state index in [4.69, 9.17) is 0 Å². The Morgan fingerprint density at radius 2 is 1.71 bits per heavy atom. The van der Waals surface area contributed by atoms with E-state index in [0.29, 0.717) is 5.56 Å². The molecular formula is C20H10F3N3OS. The summed E-state index contributed by atoms with van der Waals surface area (Å²) >= 11 is 0.893. The van der Waals surface area contributed by atoms with Gasteiger partial charge in [0, 0.05) is 0 Å². The normalized spacial score (nSPS) is 11.1. The highest BCUT2D eigenvalue weighted by atomic mass is 32.1. The van der Waals surface area contributed by atoms with Crippen LogP contribution in [0.2, 0.25) is 0 Å². The van der Waals surface area contributed by atoms with Crippen LogP contribution in [-0.2, 0) is 6.54 Å². The average molecular weight is 397 g/mol. The molecule has 0 atom stereocenters. The maximum atomic E-state index is 13.4. The van der Waals surface area contributed by atoms with Gasteiger partial charge in [-0.05, 0) is 41.5 Å². The van der Waals surface area contributed by atoms with Gasteiger partial charge in [-0.1, -0.05) is 18.2 Å². The van der Waals surface area contributed by atoms with Crippen LogP contribution >= 0.6 is 11.3 Å². The van der Waals surface area contributed by atoms with Gasteiger partial charge in [-0.2, -0.15) is 10.5 Å². The van der Waals surface area contributed by atoms with Crippen molar-refractivity contribution in [1.29, 1.82) is 10.5 Å². The van der Waals surface area contributed by atoms with E-state index in [0.717, 1.165) is 23.5 Å². The van der Waals surface area contributed by atoms with Gasteiger partial charge in [0.2, 0.25) is 0 Å². The number of halogens is 3. The second kappa shape index (κ2) is 7.95. The van der Waals surface area contributed by atoms with E-state index < -0.39 is 23.0 Å². The zero-order valence-corrected chi connectivity index (χ0v) is 14.9. The molecule has 1 aromatic heterocycles. The third-order valence-corrected chi connectivity index (χ3v) is 4.97. The van der Waals surface area contributed by atoms with Crippen LogP contribution in [-0.4, -0.2) is 4.57 Å². The third kappa shape index (κ3) is 3.88. The quantitative estimate of drug-likeness (QED) is 0.682. The summed E-state index contributed by atoms with van der Waals surface area (Å²) in [6.07, 6.45) is 1.35. The molecule has 2 aromatic carbocycles. The number of nitriles is 2. The largest absolute Gasteiger partial charge is 0.293 e. The van der Waals surface area contributed by atoms with Gasteiger partial charge in [0.25, 0.3) is 5.56 Å². The van der Waals surface area contributed by atoms with Crippen LogP contribution in [0.4, 0.5) is 13.2 Å². The van der Waals surface area contributed by atoms with E-state index in [1.807, 2.05) is 0 Å². The standard InChI is InChI=1S/C20H10F3N3OS/c21-15-4-1-12(2-5-15)11-26-19(27)18(28-20(26)14(9-24)10-25)8-13-3-6-16(22)17(23)7-13/h1-8H,11H2/b18-8+. The Morgan fingerprint density at radius 1 is 1.04 bits per heavy atom. The molecule has 0 aliphatic rings. The van der Waals surface area contributed by atoms with Crippen LogP contribution < -0.4 is 14.8 Å². The average Bonchev–Trinajstić information content (AvgIpc) is 2.97. The van der Waals surface area contributed by atoms with Crippen LogP contribution in [0.15, 0.2) is 47.3 Å². The molecule has 0 N–H and O–H groups in total. The first-order chi connectivity index (χ1) is 13.4. The lowest BCUT2D eigenvalue weighted by molar-refractivity contribution is 0.508. The lowest BCUT2D eigenvalue weighted by atomic mass is 10.2. The highest BCUT2D eigenvalue weighted by Crippen LogP contribution is 2.09. The summed E-state index contributed by atoms with van der Waals surface area (Å²) < 4.78 is 41.1. The minimum Gasteiger partial charge on any atom is -0.293 e. The van der Waals surface area contributed by atoms with Crippen molar-refractivity contribution in [3.05, 3.63) is 90.6 Å². The van der Waals surface area contributed by atoms with Crippen molar-refractivity contribution in [3.8, 4) is 12.1 Å². The van der Waals surface area contributed by atoms with Gasteiger partial charge in [-0.15, -0.1) is 11.3 Å². The monoisotopic (exact) mass is 397 g/mol. The van der Waals surface area contributed by atoms with Crippen LogP contribution in [0.25, 0.3) is 11.6 Å². The van der Waals surface area contributed by atoms with E-state index in [9.17, 15) is 28.5 Å². The molecule has 4 nitrogen and oxygen atoms in total. The topological polar surface area (TPSA) is 69.6 Å². The molecule has 0 fully saturated rings. The molecule has 8 heteroatoms. The number of benzene rings is 2. The molecule has 3 aromatic rings. The van der Waals surface area contributed by atoms with E-state index in [1.54, 1.807) is 12.1 Å². The second-order valence-corrected chi connectivity index (χ2v) is 6.74. The second-order valence-electron chi connectivity index (χ2n) is 5.71. The molecule has 0 aliphatic heterocycles. The van der Waals surface area contributed by atoms with Gasteiger partial charge >= 0.3 is 0 Å². The Hall–Kier alpha value is -3.62. The first-order valence-electron chi connectivity index (χ1n) is 7.88. The third-order valence-electron chi connectivity index (χ3n) is 3.84. The molecule has 0 unspecified atom stereocenters. The van der Waals surface area contributed by atoms with Gasteiger partial charge in [0.05, 0.1) is 11.1 Å². The van der Waals surface area contributed by atoms with Gasteiger partial charge in [0.1, 0.15) is 22.6 Å². The predicted octanol–water partition coefficient (Wildman–Crippen LogP) is 2.40. The SMILES string of the molecule is N#CC(C#N)=c1s/c(=C/c2ccc(F)c(F)c2)c(=O)n1Cc1ccc(F)cc1. The molecule has 0 saturated heterocycles. The summed E-state index contributed by atoms with van der Waals surface area (Å²) in [7, 11) is 0. The minimum atomic E-state index is -1.06. The fraction of sp³-hybridized carbons (Fsp3) is 0.0500. The van der Waals surface area contributed by atoms with Crippen molar-refractivity contribution in [3.63, 3.8) is 0 Å². The van der Waals surface area contributed by atoms with E-state index >= 15 is 0 Å². The van der Waals surface area contributed by atoms with Crippen LogP contribution in [0, 0.1) is 40.1 Å². The van der Waals surface area contributed by atoms with E-state index in [-0.39, 0.29) is 26.9 Å². The van der Waals surface area contributed by atoms with Crippen molar-refractivity contribution < 1.29 is 13.2 Å². The number of aromatic nitrogens is 1. The highest BCUT2D eigenvalue weighted by molar-refractivity contribution is 7.07. The minimum absolute atomic E-state index is 0.0173. The number of thiazole rings is 1. The maximum Gasteiger partial charge on any atom is 0.269 e. The van der Waals surface area contributed by atoms with Crippen LogP contribution in [0.5, 0.6) is 0 Å². The summed E-state index contributed by atoms with van der Waals surface area (Å²) in [5.41, 5.74) is 0.0940. The molecule has 0 saturated carbocycles. The lowest BCUT2D eigenvalue weighted by Gasteiger charge is -2.02. The van der Waals surface area contributed by atoms with Crippen molar-refractivity contribution >= 4 is 23.0 Å². The number of hydrogen-bond acceptors (Lipinski definition) is 4. The van der Waals surface area contributed by atoms with Gasteiger partial charge < -0.3 is 0 Å². The number of nitrogens with zero attached hydrogens (tertiary/aromatic N) is 3. The molecular weight excluding hydrogens is 387 g/mol. The molecule has 0 radical (unpaired) electrons. The molecule has 0 bridgehead atoms. The molecule has 0 aliphatic carbocycles. The Morgan fingerprint density at radius 3 is 2.32 bits per heavy atom. The van der Waals surface area contributed by atoms with Crippen molar-refractivity contribution in [2.24, 2.45) is 0 Å². The molecule has 1 heterocycles. The Bertz CT molecular complexity index is 1290. The molecule has 0 amide bonds. The number of hydrogen-bond donors (Lipinski definition) is 0. The fourth-order valence-corrected chi connectivity index (χ4v) is 3.55. The molecule has 0 spiro atoms. The molecule has 28 heavy (non-hydrogen) atoms. The van der Waals surface area contributed by atoms with Crippen molar-refractivity contribution in [2.45, 2.75) is 6.54 Å². The van der Waals surface area contributed by atoms with Crippen molar-refractivity contribution in [1.82, 2.24) is 4.57 Å². The van der Waals surface area contributed by atoms with E-state index in [2.05, 4.69) is 0 Å². The Labute approximate surface area is 161 Å². The summed E-state index contributed by atoms with van der Waals surface area (Å²) in [6.45, 7) is 0.0173. The van der Waals surface area contributed by atoms with Crippen molar-refractivity contribution in [2.75, 3.05) is 0 Å². The summed E-state index contributed by atoms with van der Waals surface area (Å²) in [6, 6.07) is 12.1.